The zero-order valence-electron chi connectivity index (χ0n) is 18.8. The highest BCUT2D eigenvalue weighted by atomic mass is 16.6. The lowest BCUT2D eigenvalue weighted by atomic mass is 9.91. The predicted octanol–water partition coefficient (Wildman–Crippen LogP) is 4.94. The molecule has 0 N–H and O–H groups in total. The van der Waals surface area contributed by atoms with Gasteiger partial charge >= 0.3 is 5.97 Å². The maximum absolute atomic E-state index is 12.9. The zero-order valence-corrected chi connectivity index (χ0v) is 18.8. The molecule has 0 saturated carbocycles. The van der Waals surface area contributed by atoms with E-state index in [0.717, 1.165) is 16.7 Å². The van der Waals surface area contributed by atoms with Gasteiger partial charge < -0.3 is 18.9 Å². The summed E-state index contributed by atoms with van der Waals surface area (Å²) in [5, 5.41) is 0. The highest BCUT2D eigenvalue weighted by Gasteiger charge is 2.45. The quantitative estimate of drug-likeness (QED) is 0.413. The van der Waals surface area contributed by atoms with E-state index in [4.69, 9.17) is 18.9 Å². The van der Waals surface area contributed by atoms with Crippen LogP contribution >= 0.6 is 0 Å². The molecule has 4 atom stereocenters. The number of carbonyl (C=O) groups is 1. The third-order valence-corrected chi connectivity index (χ3v) is 5.85. The van der Waals surface area contributed by atoms with Crippen molar-refractivity contribution in [1.29, 1.82) is 0 Å². The van der Waals surface area contributed by atoms with Gasteiger partial charge in [0.1, 0.15) is 12.2 Å². The van der Waals surface area contributed by atoms with E-state index in [2.05, 4.69) is 0 Å². The van der Waals surface area contributed by atoms with Gasteiger partial charge in [0.15, 0.2) is 6.10 Å². The third-order valence-electron chi connectivity index (χ3n) is 5.85. The van der Waals surface area contributed by atoms with Gasteiger partial charge in [-0.15, -0.1) is 0 Å². The maximum atomic E-state index is 12.9. The number of hydrogen-bond acceptors (Lipinski definition) is 5. The summed E-state index contributed by atoms with van der Waals surface area (Å²) in [6.07, 6.45) is -1.65. The van der Waals surface area contributed by atoms with Crippen LogP contribution in [0.5, 0.6) is 0 Å². The first-order valence-corrected chi connectivity index (χ1v) is 11.3. The van der Waals surface area contributed by atoms with Crippen LogP contribution in [0.3, 0.4) is 0 Å². The molecule has 0 radical (unpaired) electrons. The van der Waals surface area contributed by atoms with Crippen molar-refractivity contribution in [3.05, 3.63) is 108 Å². The molecule has 1 fully saturated rings. The summed E-state index contributed by atoms with van der Waals surface area (Å²) >= 11 is 0. The van der Waals surface area contributed by atoms with E-state index in [-0.39, 0.29) is 5.92 Å². The van der Waals surface area contributed by atoms with E-state index in [1.54, 1.807) is 0 Å². The average molecular weight is 447 g/mol. The van der Waals surface area contributed by atoms with Crippen LogP contribution in [0, 0.1) is 5.92 Å². The van der Waals surface area contributed by atoms with Crippen molar-refractivity contribution >= 4 is 5.97 Å². The van der Waals surface area contributed by atoms with Gasteiger partial charge in [-0.3, -0.25) is 0 Å². The number of benzene rings is 3. The Kier molecular flexibility index (Phi) is 8.25. The summed E-state index contributed by atoms with van der Waals surface area (Å²) in [5.41, 5.74) is 3.11. The minimum Gasteiger partial charge on any atom is -0.458 e. The summed E-state index contributed by atoms with van der Waals surface area (Å²) < 4.78 is 23.9. The second kappa shape index (κ2) is 11.8. The lowest BCUT2D eigenvalue weighted by molar-refractivity contribution is -0.213. The Hall–Kier alpha value is -2.99. The van der Waals surface area contributed by atoms with Gasteiger partial charge in [0, 0.05) is 5.92 Å². The molecule has 0 spiro atoms. The van der Waals surface area contributed by atoms with Gasteiger partial charge in [-0.05, 0) is 16.7 Å². The molecule has 4 rings (SSSR count). The molecule has 3 aromatic carbocycles. The van der Waals surface area contributed by atoms with Crippen LogP contribution in [0.1, 0.15) is 23.6 Å². The monoisotopic (exact) mass is 446 g/mol. The number of ether oxygens (including phenoxy) is 4. The summed E-state index contributed by atoms with van der Waals surface area (Å²) in [6.45, 7) is 3.50. The van der Waals surface area contributed by atoms with Crippen molar-refractivity contribution in [2.75, 3.05) is 6.61 Å². The summed E-state index contributed by atoms with van der Waals surface area (Å²) in [6, 6.07) is 29.7. The SMILES string of the molecule is CC1[C@H](OCc2ccccc2)C(OCc2ccccc2)C(=O)O[C@@H]1COCc1ccccc1. The Morgan fingerprint density at radius 3 is 1.73 bits per heavy atom. The standard InChI is InChI=1S/C28H30O5/c1-21-25(20-30-17-22-11-5-2-6-12-22)33-28(29)27(32-19-24-15-9-4-10-16-24)26(21)31-18-23-13-7-3-8-14-23/h2-16,21,25-27H,17-20H2,1H3/t21?,25-,26+,27?/m1/s1. The van der Waals surface area contributed by atoms with Crippen LogP contribution < -0.4 is 0 Å². The highest BCUT2D eigenvalue weighted by molar-refractivity contribution is 5.76. The molecule has 1 saturated heterocycles. The van der Waals surface area contributed by atoms with Crippen LogP contribution in [-0.2, 0) is 43.6 Å². The Morgan fingerprint density at radius 2 is 1.18 bits per heavy atom. The number of carbonyl (C=O) groups excluding carboxylic acids is 1. The zero-order chi connectivity index (χ0) is 22.9. The van der Waals surface area contributed by atoms with Gasteiger partial charge in [0.25, 0.3) is 0 Å². The predicted molar refractivity (Wildman–Crippen MR) is 125 cm³/mol. The molecular weight excluding hydrogens is 416 g/mol. The fraction of sp³-hybridized carbons (Fsp3) is 0.321. The van der Waals surface area contributed by atoms with E-state index >= 15 is 0 Å². The maximum Gasteiger partial charge on any atom is 0.338 e. The van der Waals surface area contributed by atoms with E-state index in [9.17, 15) is 4.79 Å². The van der Waals surface area contributed by atoms with Crippen LogP contribution in [-0.4, -0.2) is 30.9 Å². The van der Waals surface area contributed by atoms with Crippen LogP contribution in [0.2, 0.25) is 0 Å². The minimum absolute atomic E-state index is 0.0945. The van der Waals surface area contributed by atoms with Crippen LogP contribution in [0.25, 0.3) is 0 Å². The largest absolute Gasteiger partial charge is 0.458 e. The summed E-state index contributed by atoms with van der Waals surface area (Å²) in [4.78, 5) is 12.9. The van der Waals surface area contributed by atoms with E-state index in [0.29, 0.717) is 26.4 Å². The Balaban J connectivity index is 1.42. The molecule has 0 aromatic heterocycles. The first-order valence-electron chi connectivity index (χ1n) is 11.3. The first-order chi connectivity index (χ1) is 16.2. The minimum atomic E-state index is -0.797. The summed E-state index contributed by atoms with van der Waals surface area (Å²) in [5.74, 6) is -0.502. The normalized spacial score (nSPS) is 22.6. The smallest absolute Gasteiger partial charge is 0.338 e. The molecule has 0 bridgehead atoms. The highest BCUT2D eigenvalue weighted by Crippen LogP contribution is 2.29. The fourth-order valence-electron chi connectivity index (χ4n) is 3.93. The second-order valence-electron chi connectivity index (χ2n) is 8.31. The molecule has 5 nitrogen and oxygen atoms in total. The van der Waals surface area contributed by atoms with Gasteiger partial charge in [-0.2, -0.15) is 0 Å². The Bertz CT molecular complexity index is 977. The number of rotatable bonds is 10. The van der Waals surface area contributed by atoms with Crippen LogP contribution in [0.4, 0.5) is 0 Å². The van der Waals surface area contributed by atoms with Crippen molar-refractivity contribution in [3.63, 3.8) is 0 Å². The number of esters is 1. The molecule has 1 aliphatic heterocycles. The van der Waals surface area contributed by atoms with Crippen molar-refractivity contribution in [1.82, 2.24) is 0 Å². The number of cyclic esters (lactones) is 1. The lowest BCUT2D eigenvalue weighted by Gasteiger charge is -2.39. The van der Waals surface area contributed by atoms with Crippen LogP contribution in [0.15, 0.2) is 91.0 Å². The Labute approximate surface area is 195 Å². The fourth-order valence-corrected chi connectivity index (χ4v) is 3.93. The topological polar surface area (TPSA) is 54.0 Å². The molecule has 2 unspecified atom stereocenters. The first kappa shape index (κ1) is 23.2. The molecule has 0 amide bonds. The molecule has 5 heteroatoms. The molecular formula is C28H30O5. The van der Waals surface area contributed by atoms with E-state index < -0.39 is 24.3 Å². The van der Waals surface area contributed by atoms with E-state index in [1.165, 1.54) is 0 Å². The molecule has 3 aromatic rings. The molecule has 172 valence electrons. The lowest BCUT2D eigenvalue weighted by Crippen LogP contribution is -2.54. The Morgan fingerprint density at radius 1 is 0.697 bits per heavy atom. The van der Waals surface area contributed by atoms with Crippen molar-refractivity contribution < 1.29 is 23.7 Å². The molecule has 1 heterocycles. The second-order valence-corrected chi connectivity index (χ2v) is 8.31. The van der Waals surface area contributed by atoms with Crippen molar-refractivity contribution in [3.8, 4) is 0 Å². The van der Waals surface area contributed by atoms with Crippen molar-refractivity contribution in [2.24, 2.45) is 5.92 Å². The molecule has 1 aliphatic rings. The van der Waals surface area contributed by atoms with E-state index in [1.807, 2.05) is 97.9 Å². The average Bonchev–Trinajstić information content (AvgIpc) is 2.86. The third kappa shape index (κ3) is 6.51. The van der Waals surface area contributed by atoms with Gasteiger partial charge in [0.2, 0.25) is 0 Å². The van der Waals surface area contributed by atoms with Gasteiger partial charge in [-0.25, -0.2) is 4.79 Å². The van der Waals surface area contributed by atoms with Crippen molar-refractivity contribution in [2.45, 2.75) is 45.1 Å². The summed E-state index contributed by atoms with van der Waals surface area (Å²) in [7, 11) is 0. The molecule has 0 aliphatic carbocycles. The number of hydrogen-bond donors (Lipinski definition) is 0. The molecule has 33 heavy (non-hydrogen) atoms. The van der Waals surface area contributed by atoms with Gasteiger partial charge in [0.05, 0.1) is 26.4 Å². The van der Waals surface area contributed by atoms with Gasteiger partial charge in [-0.1, -0.05) is 97.9 Å².